The van der Waals surface area contributed by atoms with Crippen molar-refractivity contribution in [1.29, 1.82) is 0 Å². The van der Waals surface area contributed by atoms with Crippen LogP contribution < -0.4 is 0 Å². The van der Waals surface area contributed by atoms with Gasteiger partial charge in [-0.1, -0.05) is 11.6 Å². The maximum absolute atomic E-state index is 13.6. The quantitative estimate of drug-likeness (QED) is 0.688. The lowest BCUT2D eigenvalue weighted by molar-refractivity contribution is 0.629. The first-order valence-corrected chi connectivity index (χ1v) is 5.04. The van der Waals surface area contributed by atoms with Gasteiger partial charge in [0.15, 0.2) is 5.82 Å². The van der Waals surface area contributed by atoms with Crippen molar-refractivity contribution in [2.24, 2.45) is 0 Å². The van der Waals surface area contributed by atoms with Crippen molar-refractivity contribution in [3.05, 3.63) is 33.4 Å². The Labute approximate surface area is 93.3 Å². The Morgan fingerprint density at radius 3 is 2.79 bits per heavy atom. The van der Waals surface area contributed by atoms with Gasteiger partial charge in [-0.3, -0.25) is 0 Å². The van der Waals surface area contributed by atoms with E-state index in [0.717, 1.165) is 0 Å². The molecular formula is C9H5BrClFN2. The molecule has 2 rings (SSSR count). The van der Waals surface area contributed by atoms with Crippen LogP contribution in [0.4, 0.5) is 4.39 Å². The molecule has 1 aromatic heterocycles. The Balaban J connectivity index is 2.95. The monoisotopic (exact) mass is 274 g/mol. The molecule has 0 radical (unpaired) electrons. The topological polar surface area (TPSA) is 25.8 Å². The van der Waals surface area contributed by atoms with Crippen molar-refractivity contribution in [2.75, 3.05) is 0 Å². The summed E-state index contributed by atoms with van der Waals surface area (Å²) in [5.74, 6) is 0.0504. The van der Waals surface area contributed by atoms with E-state index in [-0.39, 0.29) is 10.7 Å². The zero-order valence-corrected chi connectivity index (χ0v) is 9.52. The number of benzene rings is 1. The molecule has 0 atom stereocenters. The van der Waals surface area contributed by atoms with E-state index < -0.39 is 5.82 Å². The highest BCUT2D eigenvalue weighted by Crippen LogP contribution is 2.27. The molecule has 1 aromatic carbocycles. The van der Waals surface area contributed by atoms with Crippen LogP contribution in [-0.2, 0) is 0 Å². The largest absolute Gasteiger partial charge is 0.230 e. The highest BCUT2D eigenvalue weighted by Gasteiger charge is 2.10. The van der Waals surface area contributed by atoms with Crippen LogP contribution in [0.2, 0.25) is 5.15 Å². The molecule has 0 amide bonds. The van der Waals surface area contributed by atoms with Crippen LogP contribution >= 0.6 is 27.5 Å². The molecule has 0 aliphatic carbocycles. The molecule has 1 heterocycles. The van der Waals surface area contributed by atoms with Crippen LogP contribution in [0.15, 0.2) is 16.6 Å². The van der Waals surface area contributed by atoms with E-state index in [0.29, 0.717) is 15.7 Å². The second-order valence-corrected chi connectivity index (χ2v) is 4.03. The summed E-state index contributed by atoms with van der Waals surface area (Å²) in [5.41, 5.74) is 0.247. The summed E-state index contributed by atoms with van der Waals surface area (Å²) >= 11 is 8.94. The third-order valence-corrected chi connectivity index (χ3v) is 2.73. The first kappa shape index (κ1) is 9.80. The summed E-state index contributed by atoms with van der Waals surface area (Å²) in [5, 5.41) is 0.803. The number of rotatable bonds is 0. The second kappa shape index (κ2) is 3.44. The smallest absolute Gasteiger partial charge is 0.163 e. The molecule has 14 heavy (non-hydrogen) atoms. The second-order valence-electron chi connectivity index (χ2n) is 2.82. The highest BCUT2D eigenvalue weighted by molar-refractivity contribution is 9.10. The maximum atomic E-state index is 13.6. The first-order valence-electron chi connectivity index (χ1n) is 3.87. The van der Waals surface area contributed by atoms with E-state index in [9.17, 15) is 4.39 Å². The molecule has 0 unspecified atom stereocenters. The normalized spacial score (nSPS) is 10.9. The van der Waals surface area contributed by atoms with Gasteiger partial charge < -0.3 is 0 Å². The Kier molecular flexibility index (Phi) is 2.41. The van der Waals surface area contributed by atoms with E-state index in [1.807, 2.05) is 0 Å². The number of fused-ring (bicyclic) bond motifs is 1. The van der Waals surface area contributed by atoms with Gasteiger partial charge in [0.05, 0.1) is 4.47 Å². The lowest BCUT2D eigenvalue weighted by Gasteiger charge is -2.03. The van der Waals surface area contributed by atoms with Crippen molar-refractivity contribution in [2.45, 2.75) is 6.92 Å². The number of aryl methyl sites for hydroxylation is 1. The summed E-state index contributed by atoms with van der Waals surface area (Å²) in [7, 11) is 0. The van der Waals surface area contributed by atoms with Gasteiger partial charge in [-0.05, 0) is 35.0 Å². The third kappa shape index (κ3) is 1.48. The molecule has 5 heteroatoms. The molecule has 0 aliphatic rings. The Morgan fingerprint density at radius 2 is 2.07 bits per heavy atom. The zero-order chi connectivity index (χ0) is 10.3. The number of halogens is 3. The number of hydrogen-bond donors (Lipinski definition) is 0. The molecule has 0 N–H and O–H groups in total. The molecule has 0 spiro atoms. The van der Waals surface area contributed by atoms with E-state index in [1.165, 1.54) is 0 Å². The third-order valence-electron chi connectivity index (χ3n) is 1.82. The summed E-state index contributed by atoms with van der Waals surface area (Å²) in [6.07, 6.45) is 0. The molecule has 2 nitrogen and oxygen atoms in total. The van der Waals surface area contributed by atoms with Crippen LogP contribution in [0.3, 0.4) is 0 Å². The Bertz CT molecular complexity index is 516. The van der Waals surface area contributed by atoms with Gasteiger partial charge in [-0.15, -0.1) is 0 Å². The number of aromatic nitrogens is 2. The van der Waals surface area contributed by atoms with Gasteiger partial charge >= 0.3 is 0 Å². The lowest BCUT2D eigenvalue weighted by atomic mass is 10.2. The first-order chi connectivity index (χ1) is 6.59. The molecule has 0 bridgehead atoms. The van der Waals surface area contributed by atoms with E-state index in [1.54, 1.807) is 19.1 Å². The Morgan fingerprint density at radius 1 is 1.36 bits per heavy atom. The predicted molar refractivity (Wildman–Crippen MR) is 56.9 cm³/mol. The van der Waals surface area contributed by atoms with Gasteiger partial charge in [-0.2, -0.15) is 0 Å². The fourth-order valence-corrected chi connectivity index (χ4v) is 1.80. The maximum Gasteiger partial charge on any atom is 0.163 e. The average Bonchev–Trinajstić information content (AvgIpc) is 2.12. The minimum atomic E-state index is -0.408. The standard InChI is InChI=1S/C9H5BrClFN2/c1-4-13-8-5(9(11)14-4)2-3-6(10)7(8)12/h2-3H,1H3. The van der Waals surface area contributed by atoms with Crippen LogP contribution in [0.1, 0.15) is 5.82 Å². The molecule has 72 valence electrons. The van der Waals surface area contributed by atoms with Gasteiger partial charge in [0.1, 0.15) is 16.5 Å². The van der Waals surface area contributed by atoms with E-state index in [4.69, 9.17) is 11.6 Å². The molecule has 0 saturated carbocycles. The van der Waals surface area contributed by atoms with Crippen molar-refractivity contribution < 1.29 is 4.39 Å². The number of nitrogens with zero attached hydrogens (tertiary/aromatic N) is 2. The lowest BCUT2D eigenvalue weighted by Crippen LogP contribution is -1.93. The summed E-state index contributed by atoms with van der Waals surface area (Å²) in [6.45, 7) is 1.67. The fourth-order valence-electron chi connectivity index (χ4n) is 1.20. The van der Waals surface area contributed by atoms with Crippen molar-refractivity contribution in [3.8, 4) is 0 Å². The van der Waals surface area contributed by atoms with Crippen molar-refractivity contribution in [3.63, 3.8) is 0 Å². The fraction of sp³-hybridized carbons (Fsp3) is 0.111. The predicted octanol–water partition coefficient (Wildman–Crippen LogP) is 3.49. The zero-order valence-electron chi connectivity index (χ0n) is 7.18. The van der Waals surface area contributed by atoms with Crippen molar-refractivity contribution in [1.82, 2.24) is 9.97 Å². The molecular weight excluding hydrogens is 270 g/mol. The van der Waals surface area contributed by atoms with Gasteiger partial charge in [0, 0.05) is 5.39 Å². The van der Waals surface area contributed by atoms with Gasteiger partial charge in [0.2, 0.25) is 0 Å². The summed E-state index contributed by atoms with van der Waals surface area (Å²) < 4.78 is 13.9. The van der Waals surface area contributed by atoms with Gasteiger partial charge in [-0.25, -0.2) is 14.4 Å². The van der Waals surface area contributed by atoms with Crippen LogP contribution in [-0.4, -0.2) is 9.97 Å². The SMILES string of the molecule is Cc1nc(Cl)c2ccc(Br)c(F)c2n1. The molecule has 0 saturated heterocycles. The van der Waals surface area contributed by atoms with E-state index in [2.05, 4.69) is 25.9 Å². The number of hydrogen-bond acceptors (Lipinski definition) is 2. The van der Waals surface area contributed by atoms with Crippen LogP contribution in [0.25, 0.3) is 10.9 Å². The molecule has 0 aliphatic heterocycles. The molecule has 0 fully saturated rings. The highest BCUT2D eigenvalue weighted by atomic mass is 79.9. The van der Waals surface area contributed by atoms with Crippen molar-refractivity contribution >= 4 is 38.4 Å². The summed E-state index contributed by atoms with van der Waals surface area (Å²) in [4.78, 5) is 7.94. The summed E-state index contributed by atoms with van der Waals surface area (Å²) in [6, 6.07) is 3.27. The average molecular weight is 276 g/mol. The minimum Gasteiger partial charge on any atom is -0.230 e. The van der Waals surface area contributed by atoms with Crippen LogP contribution in [0, 0.1) is 12.7 Å². The van der Waals surface area contributed by atoms with Gasteiger partial charge in [0.25, 0.3) is 0 Å². The minimum absolute atomic E-state index is 0.247. The Hall–Kier alpha value is -0.740. The van der Waals surface area contributed by atoms with Crippen LogP contribution in [0.5, 0.6) is 0 Å². The molecule has 2 aromatic rings. The van der Waals surface area contributed by atoms with E-state index >= 15 is 0 Å².